The number of para-hydroxylation sites is 1. The molecule has 3 rings (SSSR count). The number of amides is 1. The van der Waals surface area contributed by atoms with E-state index >= 15 is 0 Å². The van der Waals surface area contributed by atoms with Crippen LogP contribution in [0.2, 0.25) is 10.0 Å². The van der Waals surface area contributed by atoms with Gasteiger partial charge in [-0.15, -0.1) is 10.2 Å². The molecule has 1 amide bonds. The van der Waals surface area contributed by atoms with Crippen LogP contribution in [-0.2, 0) is 4.79 Å². The second-order valence-electron chi connectivity index (χ2n) is 5.45. The van der Waals surface area contributed by atoms with Gasteiger partial charge in [-0.1, -0.05) is 59.3 Å². The Hall–Kier alpha value is -1.02. The third kappa shape index (κ3) is 4.78. The van der Waals surface area contributed by atoms with Crippen molar-refractivity contribution < 1.29 is 9.53 Å². The molecule has 25 heavy (non-hydrogen) atoms. The minimum atomic E-state index is 0.104. The third-order valence-electron chi connectivity index (χ3n) is 3.56. The Morgan fingerprint density at radius 3 is 2.72 bits per heavy atom. The molecule has 2 aromatic rings. The first-order valence-electron chi connectivity index (χ1n) is 7.95. The highest BCUT2D eigenvalue weighted by atomic mass is 35.5. The van der Waals surface area contributed by atoms with Crippen molar-refractivity contribution in [2.45, 2.75) is 36.6 Å². The van der Waals surface area contributed by atoms with Crippen LogP contribution >= 0.6 is 46.3 Å². The number of thioether (sulfide) groups is 1. The van der Waals surface area contributed by atoms with E-state index in [1.54, 1.807) is 23.1 Å². The molecule has 0 N–H and O–H groups in total. The van der Waals surface area contributed by atoms with Crippen LogP contribution in [0.3, 0.4) is 0 Å². The zero-order valence-electron chi connectivity index (χ0n) is 13.6. The summed E-state index contributed by atoms with van der Waals surface area (Å²) in [7, 11) is 0. The lowest BCUT2D eigenvalue weighted by molar-refractivity contribution is -0.118. The average Bonchev–Trinajstić information content (AvgIpc) is 3.32. The van der Waals surface area contributed by atoms with E-state index in [0.717, 1.165) is 17.2 Å². The molecule has 0 saturated heterocycles. The van der Waals surface area contributed by atoms with Crippen molar-refractivity contribution in [1.29, 1.82) is 0 Å². The van der Waals surface area contributed by atoms with Gasteiger partial charge >= 0.3 is 0 Å². The fourth-order valence-corrected chi connectivity index (χ4v) is 4.55. The summed E-state index contributed by atoms with van der Waals surface area (Å²) in [6, 6.07) is 5.55. The number of nitrogens with zero attached hydrogens (tertiary/aromatic N) is 3. The van der Waals surface area contributed by atoms with E-state index in [-0.39, 0.29) is 5.91 Å². The van der Waals surface area contributed by atoms with Crippen LogP contribution in [0.25, 0.3) is 0 Å². The molecule has 0 radical (unpaired) electrons. The molecule has 1 aliphatic carbocycles. The summed E-state index contributed by atoms with van der Waals surface area (Å²) in [6.07, 6.45) is 2.56. The zero-order chi connectivity index (χ0) is 17.8. The highest BCUT2D eigenvalue weighted by Gasteiger charge is 2.35. The largest absolute Gasteiger partial charge is 0.490 e. The number of carbonyl (C=O) groups is 1. The van der Waals surface area contributed by atoms with Gasteiger partial charge in [0, 0.05) is 18.2 Å². The van der Waals surface area contributed by atoms with Gasteiger partial charge in [0.25, 0.3) is 0 Å². The second kappa shape index (κ2) is 8.58. The van der Waals surface area contributed by atoms with Crippen molar-refractivity contribution in [2.75, 3.05) is 17.3 Å². The lowest BCUT2D eigenvalue weighted by Gasteiger charge is -2.17. The van der Waals surface area contributed by atoms with E-state index in [9.17, 15) is 4.79 Å². The second-order valence-corrected chi connectivity index (χ2v) is 8.56. The van der Waals surface area contributed by atoms with E-state index in [2.05, 4.69) is 10.2 Å². The van der Waals surface area contributed by atoms with Crippen molar-refractivity contribution in [3.8, 4) is 5.75 Å². The Morgan fingerprint density at radius 2 is 2.08 bits per heavy atom. The fourth-order valence-electron chi connectivity index (χ4n) is 2.22. The maximum atomic E-state index is 12.1. The minimum Gasteiger partial charge on any atom is -0.490 e. The summed E-state index contributed by atoms with van der Waals surface area (Å²) in [4.78, 5) is 13.9. The van der Waals surface area contributed by atoms with E-state index < -0.39 is 0 Å². The number of ether oxygens (including phenoxy) is 1. The molecule has 0 atom stereocenters. The lowest BCUT2D eigenvalue weighted by atomic mass is 10.3. The number of benzene rings is 1. The van der Waals surface area contributed by atoms with E-state index in [1.165, 1.54) is 23.1 Å². The van der Waals surface area contributed by atoms with Crippen molar-refractivity contribution in [3.63, 3.8) is 0 Å². The van der Waals surface area contributed by atoms with Crippen molar-refractivity contribution in [1.82, 2.24) is 10.2 Å². The zero-order valence-corrected chi connectivity index (χ0v) is 16.7. The van der Waals surface area contributed by atoms with Gasteiger partial charge in [0.1, 0.15) is 0 Å². The molecule has 1 aliphatic rings. The van der Waals surface area contributed by atoms with Gasteiger partial charge in [-0.3, -0.25) is 9.69 Å². The normalized spacial score (nSPS) is 13.7. The number of halogens is 2. The summed E-state index contributed by atoms with van der Waals surface area (Å²) in [5, 5.41) is 10.0. The minimum absolute atomic E-state index is 0.104. The number of hydrogen-bond acceptors (Lipinski definition) is 6. The van der Waals surface area contributed by atoms with Crippen LogP contribution < -0.4 is 9.64 Å². The van der Waals surface area contributed by atoms with Gasteiger partial charge in [-0.2, -0.15) is 0 Å². The molecule has 0 unspecified atom stereocenters. The molecule has 1 fully saturated rings. The van der Waals surface area contributed by atoms with E-state index in [4.69, 9.17) is 27.9 Å². The molecule has 1 saturated carbocycles. The van der Waals surface area contributed by atoms with Crippen LogP contribution in [0.5, 0.6) is 5.75 Å². The predicted molar refractivity (Wildman–Crippen MR) is 103 cm³/mol. The first-order chi connectivity index (χ1) is 12.1. The van der Waals surface area contributed by atoms with E-state index in [1.807, 2.05) is 6.92 Å². The molecular weight excluding hydrogens is 401 g/mol. The standard InChI is InChI=1S/C16H17Cl2N3O2S2/c1-2-13(22)21(10-6-7-10)15-19-20-16(25-15)24-9-8-23-14-11(17)4-3-5-12(14)18/h3-5,10H,2,6-9H2,1H3. The molecule has 0 aliphatic heterocycles. The summed E-state index contributed by atoms with van der Waals surface area (Å²) in [5.74, 6) is 1.28. The Balaban J connectivity index is 1.53. The van der Waals surface area contributed by atoms with Crippen LogP contribution in [0, 0.1) is 0 Å². The first kappa shape index (κ1) is 18.8. The summed E-state index contributed by atoms with van der Waals surface area (Å²) >= 11 is 15.1. The third-order valence-corrected chi connectivity index (χ3v) is 6.17. The molecule has 1 aromatic heterocycles. The maximum absolute atomic E-state index is 12.1. The molecule has 0 spiro atoms. The molecule has 0 bridgehead atoms. The van der Waals surface area contributed by atoms with Gasteiger partial charge in [-0.25, -0.2) is 0 Å². The monoisotopic (exact) mass is 417 g/mol. The topological polar surface area (TPSA) is 55.3 Å². The van der Waals surface area contributed by atoms with Crippen molar-refractivity contribution in [3.05, 3.63) is 28.2 Å². The average molecular weight is 418 g/mol. The quantitative estimate of drug-likeness (QED) is 0.346. The van der Waals surface area contributed by atoms with Gasteiger partial charge < -0.3 is 4.74 Å². The molecule has 134 valence electrons. The molecule has 9 heteroatoms. The number of carbonyl (C=O) groups excluding carboxylic acids is 1. The van der Waals surface area contributed by atoms with Crippen molar-refractivity contribution >= 4 is 57.3 Å². The Bertz CT molecular complexity index is 732. The number of rotatable bonds is 8. The first-order valence-corrected chi connectivity index (χ1v) is 10.5. The van der Waals surface area contributed by atoms with Crippen LogP contribution in [-0.4, -0.2) is 34.5 Å². The summed E-state index contributed by atoms with van der Waals surface area (Å²) in [5.41, 5.74) is 0. The van der Waals surface area contributed by atoms with Gasteiger partial charge in [0.05, 0.1) is 16.7 Å². The lowest BCUT2D eigenvalue weighted by Crippen LogP contribution is -2.32. The predicted octanol–water partition coefficient (Wildman–Crippen LogP) is 4.92. The maximum Gasteiger partial charge on any atom is 0.228 e. The highest BCUT2D eigenvalue weighted by molar-refractivity contribution is 8.01. The van der Waals surface area contributed by atoms with Gasteiger partial charge in [0.2, 0.25) is 11.0 Å². The Kier molecular flexibility index (Phi) is 6.44. The molecule has 1 heterocycles. The van der Waals surface area contributed by atoms with Crippen LogP contribution in [0.4, 0.5) is 5.13 Å². The van der Waals surface area contributed by atoms with E-state index in [0.29, 0.717) is 45.7 Å². The number of hydrogen-bond donors (Lipinski definition) is 0. The molecular formula is C16H17Cl2N3O2S2. The summed E-state index contributed by atoms with van der Waals surface area (Å²) in [6.45, 7) is 2.31. The van der Waals surface area contributed by atoms with Crippen molar-refractivity contribution in [2.24, 2.45) is 0 Å². The van der Waals surface area contributed by atoms with Crippen LogP contribution in [0.1, 0.15) is 26.2 Å². The SMILES string of the molecule is CCC(=O)N(c1nnc(SCCOc2c(Cl)cccc2Cl)s1)C1CC1. The summed E-state index contributed by atoms with van der Waals surface area (Å²) < 4.78 is 6.47. The number of aromatic nitrogens is 2. The highest BCUT2D eigenvalue weighted by Crippen LogP contribution is 2.36. The fraction of sp³-hybridized carbons (Fsp3) is 0.438. The smallest absolute Gasteiger partial charge is 0.228 e. The van der Waals surface area contributed by atoms with Gasteiger partial charge in [0.15, 0.2) is 10.1 Å². The Morgan fingerprint density at radius 1 is 1.36 bits per heavy atom. The Labute approximate surface area is 164 Å². The van der Waals surface area contributed by atoms with Crippen LogP contribution in [0.15, 0.2) is 22.5 Å². The van der Waals surface area contributed by atoms with Gasteiger partial charge in [-0.05, 0) is 25.0 Å². The molecule has 5 nitrogen and oxygen atoms in total. The number of anilines is 1. The molecule has 1 aromatic carbocycles.